The van der Waals surface area contributed by atoms with Crippen LogP contribution in [0.25, 0.3) is 9.96 Å². The van der Waals surface area contributed by atoms with Gasteiger partial charge in [0.25, 0.3) is 0 Å². The summed E-state index contributed by atoms with van der Waals surface area (Å²) in [4.78, 5) is 10.2. The van der Waals surface area contributed by atoms with Crippen molar-refractivity contribution in [2.24, 2.45) is 11.8 Å². The molecule has 8 heteroatoms. The third-order valence-corrected chi connectivity index (χ3v) is 15.4. The van der Waals surface area contributed by atoms with Crippen molar-refractivity contribution in [2.75, 3.05) is 14.2 Å². The molecule has 4 rings (SSSR count). The molecule has 228 valence electrons. The van der Waals surface area contributed by atoms with Gasteiger partial charge in [0, 0.05) is 0 Å². The zero-order valence-electron chi connectivity index (χ0n) is 30.5. The second-order valence-corrected chi connectivity index (χ2v) is 20.6. The Hall–Kier alpha value is -1.77. The number of hydrogen-bond acceptors (Lipinski definition) is 2. The first-order valence-electron chi connectivity index (χ1n) is 15.1. The van der Waals surface area contributed by atoms with Crippen LogP contribution in [0, 0.1) is 11.8 Å². The van der Waals surface area contributed by atoms with Gasteiger partial charge in [0.2, 0.25) is 0 Å². The smallest absolute Gasteiger partial charge is 0.684 e. The molecule has 0 saturated carbocycles. The summed E-state index contributed by atoms with van der Waals surface area (Å²) in [5, 5.41) is 3.15. The van der Waals surface area contributed by atoms with E-state index < -0.39 is 16.5 Å². The largest absolute Gasteiger partial charge is 1.00 e. The molecular weight excluding hydrogens is 562 g/mol. The summed E-state index contributed by atoms with van der Waals surface area (Å²) in [6.07, 6.45) is 0. The van der Waals surface area contributed by atoms with Crippen molar-refractivity contribution in [1.82, 2.24) is 0 Å². The van der Waals surface area contributed by atoms with Crippen LogP contribution in [0.4, 0.5) is 11.4 Å². The normalized spacial score (nSPS) is 18.4. The molecule has 0 spiro atoms. The van der Waals surface area contributed by atoms with E-state index in [9.17, 15) is 0 Å². The molecule has 44 heavy (non-hydrogen) atoms. The van der Waals surface area contributed by atoms with Gasteiger partial charge >= 0.3 is 37.7 Å². The van der Waals surface area contributed by atoms with Crippen LogP contribution in [-0.2, 0) is 0 Å². The predicted molar refractivity (Wildman–Crippen MR) is 187 cm³/mol. The summed E-state index contributed by atoms with van der Waals surface area (Å²) in [7, 11) is -0.271. The number of methoxy groups -OCH3 is 2. The summed E-state index contributed by atoms with van der Waals surface area (Å²) in [6.45, 7) is 27.5. The first kappa shape index (κ1) is 40.3. The molecule has 2 atom stereocenters. The molecule has 2 unspecified atom stereocenters. The van der Waals surface area contributed by atoms with Crippen molar-refractivity contribution in [1.29, 1.82) is 0 Å². The SMILES string of the molecule is COc1ccc([N-][Si](C)(C)C2=C(C)C(C)=C(C)C2C)cc1.COc1ccc([N-][Si](C)(C)C2=C(C)C(C)=C(C)C2C)cc1.[Li+].[Li+]. The minimum Gasteiger partial charge on any atom is -0.684 e. The number of hydrogen-bond donors (Lipinski definition) is 0. The fraction of sp³-hybridized carbons (Fsp3) is 0.444. The molecular formula is C36H52Li2N2O2Si2. The zero-order valence-corrected chi connectivity index (χ0v) is 32.5. The maximum absolute atomic E-state index is 5.22. The molecule has 4 nitrogen and oxygen atoms in total. The zero-order chi connectivity index (χ0) is 31.6. The van der Waals surface area contributed by atoms with Crippen molar-refractivity contribution in [3.05, 3.63) is 102 Å². The Morgan fingerprint density at radius 3 is 0.977 bits per heavy atom. The van der Waals surface area contributed by atoms with Crippen LogP contribution in [0.2, 0.25) is 26.2 Å². The van der Waals surface area contributed by atoms with E-state index >= 15 is 0 Å². The molecule has 0 fully saturated rings. The summed E-state index contributed by atoms with van der Waals surface area (Å²) >= 11 is 0. The molecule has 2 aliphatic carbocycles. The summed E-state index contributed by atoms with van der Waals surface area (Å²) in [6, 6.07) is 16.1. The van der Waals surface area contributed by atoms with E-state index in [4.69, 9.17) is 19.4 Å². The van der Waals surface area contributed by atoms with Crippen LogP contribution in [0.15, 0.2) is 92.4 Å². The van der Waals surface area contributed by atoms with Gasteiger partial charge in [-0.15, -0.1) is 11.4 Å². The number of ether oxygens (including phenoxy) is 2. The Morgan fingerprint density at radius 2 is 0.773 bits per heavy atom. The molecule has 2 aromatic rings. The van der Waals surface area contributed by atoms with Crippen LogP contribution in [-0.4, -0.2) is 30.7 Å². The van der Waals surface area contributed by atoms with E-state index in [-0.39, 0.29) is 37.7 Å². The first-order chi connectivity index (χ1) is 19.5. The molecule has 0 heterocycles. The van der Waals surface area contributed by atoms with Gasteiger partial charge in [-0.05, 0) is 105 Å². The van der Waals surface area contributed by atoms with Crippen LogP contribution in [0.5, 0.6) is 11.5 Å². The first-order valence-corrected chi connectivity index (χ1v) is 21.0. The third kappa shape index (κ3) is 8.73. The van der Waals surface area contributed by atoms with Crippen molar-refractivity contribution in [3.8, 4) is 11.5 Å². The molecule has 0 N–H and O–H groups in total. The molecule has 0 radical (unpaired) electrons. The minimum atomic E-state index is -1.83. The number of benzene rings is 2. The summed E-state index contributed by atoms with van der Waals surface area (Å²) in [5.74, 6) is 2.83. The molecule has 2 aliphatic rings. The maximum Gasteiger partial charge on any atom is 1.00 e. The van der Waals surface area contributed by atoms with Gasteiger partial charge in [-0.1, -0.05) is 97.0 Å². The van der Waals surface area contributed by atoms with Gasteiger partial charge in [-0.2, -0.15) is 0 Å². The molecule has 0 aromatic heterocycles. The Balaban J connectivity index is 0.000000421. The van der Waals surface area contributed by atoms with Gasteiger partial charge in [0.1, 0.15) is 11.5 Å². The molecule has 0 aliphatic heterocycles. The van der Waals surface area contributed by atoms with Crippen LogP contribution >= 0.6 is 0 Å². The number of rotatable bonds is 8. The fourth-order valence-corrected chi connectivity index (χ4v) is 13.4. The van der Waals surface area contributed by atoms with Gasteiger partial charge in [-0.3, -0.25) is 0 Å². The van der Waals surface area contributed by atoms with Crippen molar-refractivity contribution in [3.63, 3.8) is 0 Å². The maximum atomic E-state index is 5.22. The monoisotopic (exact) mass is 614 g/mol. The average molecular weight is 615 g/mol. The van der Waals surface area contributed by atoms with Gasteiger partial charge < -0.3 is 19.4 Å². The van der Waals surface area contributed by atoms with Crippen LogP contribution in [0.3, 0.4) is 0 Å². The van der Waals surface area contributed by atoms with Crippen molar-refractivity contribution >= 4 is 27.8 Å². The van der Waals surface area contributed by atoms with Crippen LogP contribution in [0.1, 0.15) is 55.4 Å². The molecule has 2 aromatic carbocycles. The van der Waals surface area contributed by atoms with Gasteiger partial charge in [0.15, 0.2) is 0 Å². The molecule has 0 saturated heterocycles. The quantitative estimate of drug-likeness (QED) is 0.369. The third-order valence-electron chi connectivity index (χ3n) is 9.56. The van der Waals surface area contributed by atoms with Crippen LogP contribution < -0.4 is 47.2 Å². The van der Waals surface area contributed by atoms with Gasteiger partial charge in [-0.25, -0.2) is 0 Å². The topological polar surface area (TPSA) is 46.7 Å². The number of allylic oxidation sites excluding steroid dienone is 8. The summed E-state index contributed by atoms with van der Waals surface area (Å²) < 4.78 is 10.4. The van der Waals surface area contributed by atoms with Gasteiger partial charge in [0.05, 0.1) is 14.2 Å². The Morgan fingerprint density at radius 1 is 0.500 bits per heavy atom. The molecule has 0 bridgehead atoms. The number of nitrogens with zero attached hydrogens (tertiary/aromatic N) is 2. The van der Waals surface area contributed by atoms with E-state index in [1.165, 1.54) is 33.4 Å². The standard InChI is InChI=1S/2C18H26NOSi.2Li/c2*1-12-13(2)15(4)18(14(12)3)21(6,7)19-16-8-10-17(20-5)11-9-16;;/h2*8-11,14H,1-7H3;;/q2*-1;2*+1. The second kappa shape index (κ2) is 16.2. The van der Waals surface area contributed by atoms with Crippen molar-refractivity contribution in [2.45, 2.75) is 81.6 Å². The van der Waals surface area contributed by atoms with E-state index in [1.54, 1.807) is 24.6 Å². The van der Waals surface area contributed by atoms with Crippen molar-refractivity contribution < 1.29 is 47.2 Å². The van der Waals surface area contributed by atoms with E-state index in [0.717, 1.165) is 22.9 Å². The van der Waals surface area contributed by atoms with E-state index in [1.807, 2.05) is 24.3 Å². The second-order valence-electron chi connectivity index (χ2n) is 12.9. The summed E-state index contributed by atoms with van der Waals surface area (Å²) in [5.41, 5.74) is 11.0. The van der Waals surface area contributed by atoms with E-state index in [2.05, 4.69) is 106 Å². The fourth-order valence-electron chi connectivity index (χ4n) is 6.78. The molecule has 0 amide bonds. The Labute approximate surface area is 294 Å². The predicted octanol–water partition coefficient (Wildman–Crippen LogP) is 5.50. The van der Waals surface area contributed by atoms with E-state index in [0.29, 0.717) is 11.8 Å². The Bertz CT molecular complexity index is 1310. The minimum absolute atomic E-state index is 0. The Kier molecular flexibility index (Phi) is 14.8. The average Bonchev–Trinajstić information content (AvgIpc) is 3.27.